The van der Waals surface area contributed by atoms with Crippen LogP contribution in [0.15, 0.2) is 78.9 Å². The lowest BCUT2D eigenvalue weighted by molar-refractivity contribution is 0.222. The van der Waals surface area contributed by atoms with Crippen molar-refractivity contribution >= 4 is 29.5 Å². The van der Waals surface area contributed by atoms with Gasteiger partial charge in [-0.15, -0.1) is 0 Å². The molecule has 1 unspecified atom stereocenters. The monoisotopic (exact) mass is 525 g/mol. The molecule has 6 heteroatoms. The highest BCUT2D eigenvalue weighted by molar-refractivity contribution is 7.84. The number of benzene rings is 3. The SMILES string of the molecule is CC(C)Oc1cccc(OC(C)C)c1[C@@H](CP(c1ccccc1)c1ccccc1)NS(=O)C(C)(C)C. The van der Waals surface area contributed by atoms with E-state index in [9.17, 15) is 4.21 Å². The van der Waals surface area contributed by atoms with Gasteiger partial charge in [0.15, 0.2) is 0 Å². The first kappa shape index (κ1) is 28.4. The second-order valence-electron chi connectivity index (χ2n) is 10.3. The average Bonchev–Trinajstić information content (AvgIpc) is 2.82. The van der Waals surface area contributed by atoms with Gasteiger partial charge in [-0.25, -0.2) is 8.93 Å². The Morgan fingerprint density at radius 3 is 1.58 bits per heavy atom. The Labute approximate surface area is 221 Å². The van der Waals surface area contributed by atoms with Crippen molar-refractivity contribution in [2.75, 3.05) is 6.16 Å². The first-order valence-corrected chi connectivity index (χ1v) is 15.3. The number of hydrogen-bond donors (Lipinski definition) is 1. The van der Waals surface area contributed by atoms with Crippen molar-refractivity contribution in [2.45, 2.75) is 71.5 Å². The molecule has 0 spiro atoms. The molecular formula is C30H40NO3PS. The summed E-state index contributed by atoms with van der Waals surface area (Å²) in [4.78, 5) is 0. The normalized spacial score (nSPS) is 13.7. The number of nitrogens with one attached hydrogen (secondary N) is 1. The van der Waals surface area contributed by atoms with E-state index in [-0.39, 0.29) is 18.2 Å². The lowest BCUT2D eigenvalue weighted by atomic mass is 10.1. The van der Waals surface area contributed by atoms with Crippen molar-refractivity contribution < 1.29 is 13.7 Å². The van der Waals surface area contributed by atoms with Crippen LogP contribution in [-0.2, 0) is 11.0 Å². The lowest BCUT2D eigenvalue weighted by Gasteiger charge is -2.31. The van der Waals surface area contributed by atoms with Crippen LogP contribution in [0.3, 0.4) is 0 Å². The van der Waals surface area contributed by atoms with Crippen LogP contribution in [0, 0.1) is 0 Å². The van der Waals surface area contributed by atoms with Gasteiger partial charge in [0.2, 0.25) is 0 Å². The summed E-state index contributed by atoms with van der Waals surface area (Å²) in [5, 5.41) is 2.56. The molecule has 3 aromatic rings. The minimum absolute atomic E-state index is 0.00317. The van der Waals surface area contributed by atoms with Crippen molar-refractivity contribution in [3.8, 4) is 11.5 Å². The fourth-order valence-corrected chi connectivity index (χ4v) is 7.19. The zero-order valence-corrected chi connectivity index (χ0v) is 24.2. The van der Waals surface area contributed by atoms with Gasteiger partial charge in [-0.2, -0.15) is 0 Å². The Hall–Kier alpha value is -2.20. The van der Waals surface area contributed by atoms with E-state index in [1.807, 2.05) is 78.8 Å². The minimum Gasteiger partial charge on any atom is -0.491 e. The second-order valence-corrected chi connectivity index (χ2v) is 14.6. The molecule has 0 aliphatic rings. The lowest BCUT2D eigenvalue weighted by Crippen LogP contribution is -2.38. The summed E-state index contributed by atoms with van der Waals surface area (Å²) in [7, 11) is -2.04. The molecule has 3 rings (SSSR count). The van der Waals surface area contributed by atoms with E-state index in [4.69, 9.17) is 9.47 Å². The quantitative estimate of drug-likeness (QED) is 0.291. The summed E-state index contributed by atoms with van der Waals surface area (Å²) in [5.74, 6) is 1.53. The van der Waals surface area contributed by atoms with Crippen molar-refractivity contribution in [2.24, 2.45) is 0 Å². The largest absolute Gasteiger partial charge is 0.491 e. The van der Waals surface area contributed by atoms with Gasteiger partial charge in [0, 0.05) is 0 Å². The van der Waals surface area contributed by atoms with Gasteiger partial charge >= 0.3 is 0 Å². The molecule has 3 aromatic carbocycles. The maximum atomic E-state index is 13.5. The van der Waals surface area contributed by atoms with Crippen LogP contribution in [0.4, 0.5) is 0 Å². The Kier molecular flexibility index (Phi) is 10.1. The highest BCUT2D eigenvalue weighted by Gasteiger charge is 2.31. The molecule has 194 valence electrons. The highest BCUT2D eigenvalue weighted by atomic mass is 32.2. The molecule has 0 radical (unpaired) electrons. The van der Waals surface area contributed by atoms with E-state index < -0.39 is 23.7 Å². The fraction of sp³-hybridized carbons (Fsp3) is 0.400. The number of ether oxygens (including phenoxy) is 2. The summed E-state index contributed by atoms with van der Waals surface area (Å²) in [6.07, 6.45) is 0.742. The highest BCUT2D eigenvalue weighted by Crippen LogP contribution is 2.44. The molecule has 4 nitrogen and oxygen atoms in total. The smallest absolute Gasteiger partial charge is 0.128 e. The van der Waals surface area contributed by atoms with Crippen LogP contribution in [0.5, 0.6) is 11.5 Å². The molecule has 0 fully saturated rings. The van der Waals surface area contributed by atoms with Gasteiger partial charge in [-0.1, -0.05) is 66.7 Å². The number of rotatable bonds is 11. The third kappa shape index (κ3) is 7.90. The van der Waals surface area contributed by atoms with Crippen LogP contribution < -0.4 is 24.8 Å². The summed E-state index contributed by atoms with van der Waals surface area (Å²) >= 11 is 0. The van der Waals surface area contributed by atoms with Crippen LogP contribution in [0.2, 0.25) is 0 Å². The van der Waals surface area contributed by atoms with Crippen LogP contribution in [0.1, 0.15) is 60.1 Å². The zero-order chi connectivity index (χ0) is 26.3. The van der Waals surface area contributed by atoms with Gasteiger partial charge in [0.25, 0.3) is 0 Å². The predicted molar refractivity (Wildman–Crippen MR) is 156 cm³/mol. The van der Waals surface area contributed by atoms with Crippen LogP contribution >= 0.6 is 7.92 Å². The molecule has 0 bridgehead atoms. The molecule has 0 heterocycles. The van der Waals surface area contributed by atoms with Crippen molar-refractivity contribution in [3.63, 3.8) is 0 Å². The van der Waals surface area contributed by atoms with Gasteiger partial charge in [0.1, 0.15) is 11.5 Å². The molecule has 0 amide bonds. The van der Waals surface area contributed by atoms with E-state index in [0.29, 0.717) is 0 Å². The molecule has 0 saturated carbocycles. The van der Waals surface area contributed by atoms with Crippen molar-refractivity contribution in [1.82, 2.24) is 4.72 Å². The Morgan fingerprint density at radius 2 is 1.19 bits per heavy atom. The molecule has 2 atom stereocenters. The number of hydrogen-bond acceptors (Lipinski definition) is 3. The molecular weight excluding hydrogens is 485 g/mol. The molecule has 0 saturated heterocycles. The molecule has 0 aliphatic carbocycles. The Bertz CT molecular complexity index is 1050. The van der Waals surface area contributed by atoms with E-state index in [1.165, 1.54) is 10.6 Å². The minimum atomic E-state index is -1.29. The van der Waals surface area contributed by atoms with E-state index in [0.717, 1.165) is 23.2 Å². The summed E-state index contributed by atoms with van der Waals surface area (Å²) in [6, 6.07) is 26.9. The van der Waals surface area contributed by atoms with Gasteiger partial charge < -0.3 is 9.47 Å². The summed E-state index contributed by atoms with van der Waals surface area (Å²) < 4.78 is 29.2. The third-order valence-electron chi connectivity index (χ3n) is 5.41. The molecule has 0 aliphatic heterocycles. The summed E-state index contributed by atoms with van der Waals surface area (Å²) in [5.41, 5.74) is 0.928. The Balaban J connectivity index is 2.17. The van der Waals surface area contributed by atoms with Gasteiger partial charge in [-0.3, -0.25) is 0 Å². The molecule has 1 N–H and O–H groups in total. The van der Waals surface area contributed by atoms with Gasteiger partial charge in [-0.05, 0) is 85.3 Å². The summed E-state index contributed by atoms with van der Waals surface area (Å²) in [6.45, 7) is 14.1. The fourth-order valence-electron chi connectivity index (χ4n) is 3.83. The van der Waals surface area contributed by atoms with E-state index in [1.54, 1.807) is 0 Å². The topological polar surface area (TPSA) is 47.6 Å². The average molecular weight is 526 g/mol. The first-order valence-electron chi connectivity index (χ1n) is 12.6. The van der Waals surface area contributed by atoms with Crippen molar-refractivity contribution in [3.05, 3.63) is 84.4 Å². The van der Waals surface area contributed by atoms with E-state index in [2.05, 4.69) is 53.3 Å². The van der Waals surface area contributed by atoms with Crippen LogP contribution in [-0.4, -0.2) is 27.3 Å². The standard InChI is InChI=1S/C30H40NO3PS/c1-22(2)33-27-19-14-20-28(34-23(3)4)29(27)26(31-36(32)30(5,6)7)21-35(24-15-10-8-11-16-24)25-17-12-9-13-18-25/h8-20,22-23,26,31H,21H2,1-7H3/t26-,36?/m1/s1. The zero-order valence-electron chi connectivity index (χ0n) is 22.5. The predicted octanol–water partition coefficient (Wildman–Crippen LogP) is 6.49. The van der Waals surface area contributed by atoms with Crippen molar-refractivity contribution in [1.29, 1.82) is 0 Å². The first-order chi connectivity index (χ1) is 17.1. The maximum Gasteiger partial charge on any atom is 0.128 e. The third-order valence-corrected chi connectivity index (χ3v) is 9.59. The van der Waals surface area contributed by atoms with E-state index >= 15 is 0 Å². The maximum absolute atomic E-state index is 13.5. The second kappa shape index (κ2) is 12.9. The molecule has 0 aromatic heterocycles. The van der Waals surface area contributed by atoms with Gasteiger partial charge in [0.05, 0.1) is 39.5 Å². The van der Waals surface area contributed by atoms with Crippen LogP contribution in [0.25, 0.3) is 0 Å². The Morgan fingerprint density at radius 1 is 0.750 bits per heavy atom. The molecule has 36 heavy (non-hydrogen) atoms.